The van der Waals surface area contributed by atoms with E-state index in [2.05, 4.69) is 25.6 Å². The van der Waals surface area contributed by atoms with Crippen LogP contribution >= 0.6 is 11.6 Å². The molecule has 1 aliphatic heterocycles. The maximum atomic E-state index is 11.8. The van der Waals surface area contributed by atoms with E-state index in [9.17, 15) is 8.42 Å². The van der Waals surface area contributed by atoms with Gasteiger partial charge in [0.1, 0.15) is 17.2 Å². The number of rotatable bonds is 6. The van der Waals surface area contributed by atoms with Gasteiger partial charge in [0.15, 0.2) is 9.84 Å². The third kappa shape index (κ3) is 4.09. The van der Waals surface area contributed by atoms with Gasteiger partial charge in [0.2, 0.25) is 5.95 Å². The van der Waals surface area contributed by atoms with E-state index in [1.807, 2.05) is 0 Å². The Hall–Kier alpha value is -2.56. The van der Waals surface area contributed by atoms with E-state index in [1.165, 1.54) is 19.2 Å². The Kier molecular flexibility index (Phi) is 5.24. The van der Waals surface area contributed by atoms with E-state index in [1.54, 1.807) is 12.3 Å². The van der Waals surface area contributed by atoms with Gasteiger partial charge >= 0.3 is 0 Å². The van der Waals surface area contributed by atoms with Crippen molar-refractivity contribution in [1.29, 1.82) is 0 Å². The van der Waals surface area contributed by atoms with Gasteiger partial charge in [-0.25, -0.2) is 8.42 Å². The molecule has 0 spiro atoms. The van der Waals surface area contributed by atoms with E-state index in [0.717, 1.165) is 12.7 Å². The third-order valence-corrected chi connectivity index (χ3v) is 6.01. The zero-order valence-electron chi connectivity index (χ0n) is 15.8. The van der Waals surface area contributed by atoms with Gasteiger partial charge < -0.3 is 25.1 Å². The van der Waals surface area contributed by atoms with Crippen LogP contribution in [0.1, 0.15) is 6.42 Å². The summed E-state index contributed by atoms with van der Waals surface area (Å²) in [4.78, 5) is 12.2. The number of halogens is 1. The maximum Gasteiger partial charge on any atom is 0.231 e. The molecule has 4 rings (SSSR count). The standard InChI is InChI=1S/C18H20ClN5O4S/c1-27-14-7-11(29(2,25)26)3-4-13(14)22-18-23-16-15(12(19)8-20-16)17(24-18)21-10-5-6-28-9-10/h3-4,7-8,10H,5-6,9H2,1-2H3,(H3,20,21,22,23,24)/t10-/m1/s1. The van der Waals surface area contributed by atoms with Crippen molar-refractivity contribution in [3.05, 3.63) is 29.4 Å². The third-order valence-electron chi connectivity index (χ3n) is 4.60. The molecule has 3 aromatic rings. The van der Waals surface area contributed by atoms with E-state index in [0.29, 0.717) is 52.5 Å². The molecule has 11 heteroatoms. The van der Waals surface area contributed by atoms with Crippen molar-refractivity contribution in [3.63, 3.8) is 0 Å². The van der Waals surface area contributed by atoms with E-state index >= 15 is 0 Å². The lowest BCUT2D eigenvalue weighted by Crippen LogP contribution is -2.20. The van der Waals surface area contributed by atoms with Crippen molar-refractivity contribution in [2.24, 2.45) is 0 Å². The largest absolute Gasteiger partial charge is 0.495 e. The fourth-order valence-corrected chi connectivity index (χ4v) is 3.99. The van der Waals surface area contributed by atoms with E-state index in [4.69, 9.17) is 21.1 Å². The summed E-state index contributed by atoms with van der Waals surface area (Å²) < 4.78 is 34.3. The highest BCUT2D eigenvalue weighted by molar-refractivity contribution is 7.90. The monoisotopic (exact) mass is 437 g/mol. The average Bonchev–Trinajstić information content (AvgIpc) is 3.31. The summed E-state index contributed by atoms with van der Waals surface area (Å²) in [6.45, 7) is 1.29. The predicted molar refractivity (Wildman–Crippen MR) is 111 cm³/mol. The average molecular weight is 438 g/mol. The molecule has 0 saturated carbocycles. The smallest absolute Gasteiger partial charge is 0.231 e. The Morgan fingerprint density at radius 2 is 2.17 bits per heavy atom. The van der Waals surface area contributed by atoms with Gasteiger partial charge in [-0.15, -0.1) is 0 Å². The SMILES string of the molecule is COc1cc(S(C)(=O)=O)ccc1Nc1nc(N[C@@H]2CCOC2)c2c(Cl)c[nH]c2n1. The molecule has 3 N–H and O–H groups in total. The Bertz CT molecular complexity index is 1160. The molecule has 9 nitrogen and oxygen atoms in total. The van der Waals surface area contributed by atoms with Crippen LogP contribution in [0.25, 0.3) is 11.0 Å². The number of sulfone groups is 1. The Morgan fingerprint density at radius 1 is 1.34 bits per heavy atom. The first-order valence-corrected chi connectivity index (χ1v) is 11.2. The van der Waals surface area contributed by atoms with Gasteiger partial charge in [0.05, 0.1) is 40.8 Å². The van der Waals surface area contributed by atoms with Gasteiger partial charge in [-0.3, -0.25) is 0 Å². The molecule has 0 amide bonds. The number of anilines is 3. The Balaban J connectivity index is 1.71. The summed E-state index contributed by atoms with van der Waals surface area (Å²) in [5.74, 6) is 1.26. The summed E-state index contributed by atoms with van der Waals surface area (Å²) >= 11 is 6.30. The number of fused-ring (bicyclic) bond motifs is 1. The topological polar surface area (TPSA) is 118 Å². The van der Waals surface area contributed by atoms with Crippen LogP contribution in [0.2, 0.25) is 5.02 Å². The van der Waals surface area contributed by atoms with Gasteiger partial charge in [0.25, 0.3) is 0 Å². The molecule has 1 saturated heterocycles. The summed E-state index contributed by atoms with van der Waals surface area (Å²) in [6.07, 6.45) is 3.67. The highest BCUT2D eigenvalue weighted by Gasteiger charge is 2.20. The zero-order chi connectivity index (χ0) is 20.6. The molecular weight excluding hydrogens is 418 g/mol. The number of nitrogens with one attached hydrogen (secondary N) is 3. The molecule has 154 valence electrons. The van der Waals surface area contributed by atoms with Gasteiger partial charge in [0, 0.05) is 25.1 Å². The van der Waals surface area contributed by atoms with Crippen LogP contribution < -0.4 is 15.4 Å². The molecule has 0 aliphatic carbocycles. The zero-order valence-corrected chi connectivity index (χ0v) is 17.4. The Morgan fingerprint density at radius 3 is 2.86 bits per heavy atom. The number of ether oxygens (including phenoxy) is 2. The summed E-state index contributed by atoms with van der Waals surface area (Å²) in [7, 11) is -1.89. The highest BCUT2D eigenvalue weighted by Crippen LogP contribution is 2.33. The number of aromatic amines is 1. The number of H-pyrrole nitrogens is 1. The van der Waals surface area contributed by atoms with Gasteiger partial charge in [-0.1, -0.05) is 11.6 Å². The summed E-state index contributed by atoms with van der Waals surface area (Å²) in [5, 5.41) is 7.67. The first-order chi connectivity index (χ1) is 13.8. The quantitative estimate of drug-likeness (QED) is 0.538. The second-order valence-electron chi connectivity index (χ2n) is 6.72. The number of benzene rings is 1. The summed E-state index contributed by atoms with van der Waals surface area (Å²) in [5.41, 5.74) is 1.10. The second-order valence-corrected chi connectivity index (χ2v) is 9.14. The fraction of sp³-hybridized carbons (Fsp3) is 0.333. The molecule has 1 fully saturated rings. The minimum Gasteiger partial charge on any atom is -0.495 e. The molecule has 1 aromatic carbocycles. The van der Waals surface area contributed by atoms with Crippen molar-refractivity contribution in [3.8, 4) is 5.75 Å². The van der Waals surface area contributed by atoms with Crippen LogP contribution in [-0.2, 0) is 14.6 Å². The van der Waals surface area contributed by atoms with Crippen molar-refractivity contribution in [1.82, 2.24) is 15.0 Å². The Labute approximate surface area is 172 Å². The van der Waals surface area contributed by atoms with Crippen molar-refractivity contribution in [2.45, 2.75) is 17.4 Å². The van der Waals surface area contributed by atoms with Crippen molar-refractivity contribution < 1.29 is 17.9 Å². The normalized spacial score (nSPS) is 16.9. The fourth-order valence-electron chi connectivity index (χ4n) is 3.12. The number of hydrogen-bond acceptors (Lipinski definition) is 8. The molecule has 2 aromatic heterocycles. The molecule has 0 radical (unpaired) electrons. The molecule has 1 atom stereocenters. The van der Waals surface area contributed by atoms with Crippen LogP contribution in [0.4, 0.5) is 17.5 Å². The molecule has 3 heterocycles. The highest BCUT2D eigenvalue weighted by atomic mass is 35.5. The predicted octanol–water partition coefficient (Wildman–Crippen LogP) is 2.97. The summed E-state index contributed by atoms with van der Waals surface area (Å²) in [6, 6.07) is 4.70. The van der Waals surface area contributed by atoms with Crippen LogP contribution in [0.15, 0.2) is 29.3 Å². The van der Waals surface area contributed by atoms with E-state index in [-0.39, 0.29) is 10.9 Å². The van der Waals surface area contributed by atoms with E-state index < -0.39 is 9.84 Å². The molecule has 0 bridgehead atoms. The lowest BCUT2D eigenvalue weighted by Gasteiger charge is -2.15. The lowest BCUT2D eigenvalue weighted by molar-refractivity contribution is 0.195. The van der Waals surface area contributed by atoms with Gasteiger partial charge in [-0.2, -0.15) is 9.97 Å². The van der Waals surface area contributed by atoms with Crippen LogP contribution in [0.3, 0.4) is 0 Å². The lowest BCUT2D eigenvalue weighted by atomic mass is 10.2. The maximum absolute atomic E-state index is 11.8. The number of nitrogens with zero attached hydrogens (tertiary/aromatic N) is 2. The first-order valence-electron chi connectivity index (χ1n) is 8.89. The van der Waals surface area contributed by atoms with Gasteiger partial charge in [-0.05, 0) is 18.6 Å². The number of methoxy groups -OCH3 is 1. The van der Waals surface area contributed by atoms with Crippen molar-refractivity contribution in [2.75, 3.05) is 37.2 Å². The minimum absolute atomic E-state index is 0.135. The minimum atomic E-state index is -3.35. The van der Waals surface area contributed by atoms with Crippen LogP contribution in [0, 0.1) is 0 Å². The number of aromatic nitrogens is 3. The second kappa shape index (κ2) is 7.69. The molecule has 29 heavy (non-hydrogen) atoms. The van der Waals surface area contributed by atoms with Crippen molar-refractivity contribution >= 4 is 49.9 Å². The molecule has 1 aliphatic rings. The van der Waals surface area contributed by atoms with Crippen LogP contribution in [0.5, 0.6) is 5.75 Å². The molecule has 0 unspecified atom stereocenters. The molecular formula is C18H20ClN5O4S. The first kappa shape index (κ1) is 19.7. The van der Waals surface area contributed by atoms with Crippen LogP contribution in [-0.4, -0.2) is 56.0 Å². The number of hydrogen-bond donors (Lipinski definition) is 3.